The fraction of sp³-hybridized carbons (Fsp3) is 0.923. The molecule has 0 bridgehead atoms. The summed E-state index contributed by atoms with van der Waals surface area (Å²) in [6, 6.07) is 0. The lowest BCUT2D eigenvalue weighted by Gasteiger charge is -2.29. The molecule has 18 heavy (non-hydrogen) atoms. The SMILES string of the molecule is CCCN1CCCC(O)(C(F)C(=O)OCC)CC1. The van der Waals surface area contributed by atoms with E-state index in [2.05, 4.69) is 16.6 Å². The number of rotatable bonds is 5. The molecule has 5 heteroatoms. The van der Waals surface area contributed by atoms with E-state index in [4.69, 9.17) is 0 Å². The molecule has 0 radical (unpaired) electrons. The molecule has 0 aromatic heterocycles. The van der Waals surface area contributed by atoms with E-state index in [0.717, 1.165) is 19.5 Å². The highest BCUT2D eigenvalue weighted by Gasteiger charge is 2.43. The predicted molar refractivity (Wildman–Crippen MR) is 67.1 cm³/mol. The van der Waals surface area contributed by atoms with E-state index in [1.54, 1.807) is 6.92 Å². The summed E-state index contributed by atoms with van der Waals surface area (Å²) in [6.45, 7) is 6.29. The van der Waals surface area contributed by atoms with Gasteiger partial charge in [0.15, 0.2) is 0 Å². The zero-order valence-corrected chi connectivity index (χ0v) is 11.3. The minimum atomic E-state index is -1.93. The van der Waals surface area contributed by atoms with Crippen LogP contribution in [-0.4, -0.2) is 54.0 Å². The maximum atomic E-state index is 14.0. The second-order valence-electron chi connectivity index (χ2n) is 4.91. The van der Waals surface area contributed by atoms with Gasteiger partial charge in [-0.1, -0.05) is 6.92 Å². The van der Waals surface area contributed by atoms with Gasteiger partial charge >= 0.3 is 5.97 Å². The minimum absolute atomic E-state index is 0.136. The van der Waals surface area contributed by atoms with Gasteiger partial charge in [0.2, 0.25) is 6.17 Å². The molecule has 2 unspecified atom stereocenters. The summed E-state index contributed by atoms with van der Waals surface area (Å²) in [5.74, 6) is -0.941. The first kappa shape index (κ1) is 15.4. The van der Waals surface area contributed by atoms with Crippen molar-refractivity contribution in [2.45, 2.75) is 51.3 Å². The molecule has 1 fully saturated rings. The lowest BCUT2D eigenvalue weighted by atomic mass is 9.89. The van der Waals surface area contributed by atoms with Gasteiger partial charge in [0.25, 0.3) is 0 Å². The maximum absolute atomic E-state index is 14.0. The topological polar surface area (TPSA) is 49.8 Å². The normalized spacial score (nSPS) is 27.6. The average Bonchev–Trinajstić information content (AvgIpc) is 2.53. The summed E-state index contributed by atoms with van der Waals surface area (Å²) in [6.07, 6.45) is 0.408. The van der Waals surface area contributed by atoms with Gasteiger partial charge in [-0.2, -0.15) is 0 Å². The van der Waals surface area contributed by atoms with E-state index >= 15 is 0 Å². The van der Waals surface area contributed by atoms with Crippen molar-refractivity contribution in [1.82, 2.24) is 4.90 Å². The van der Waals surface area contributed by atoms with Crippen LogP contribution in [-0.2, 0) is 9.53 Å². The maximum Gasteiger partial charge on any atom is 0.343 e. The first-order chi connectivity index (χ1) is 8.53. The molecule has 2 atom stereocenters. The smallest absolute Gasteiger partial charge is 0.343 e. The minimum Gasteiger partial charge on any atom is -0.464 e. The van der Waals surface area contributed by atoms with Gasteiger partial charge in [-0.15, -0.1) is 0 Å². The van der Waals surface area contributed by atoms with E-state index in [-0.39, 0.29) is 13.0 Å². The van der Waals surface area contributed by atoms with Crippen LogP contribution in [0.4, 0.5) is 4.39 Å². The Kier molecular flexibility index (Phi) is 6.02. The van der Waals surface area contributed by atoms with Crippen LogP contribution >= 0.6 is 0 Å². The Morgan fingerprint density at radius 1 is 1.44 bits per heavy atom. The van der Waals surface area contributed by atoms with Crippen molar-refractivity contribution in [1.29, 1.82) is 0 Å². The molecule has 1 heterocycles. The van der Waals surface area contributed by atoms with Crippen LogP contribution in [0.25, 0.3) is 0 Å². The van der Waals surface area contributed by atoms with Gasteiger partial charge in [0.05, 0.1) is 6.61 Å². The summed E-state index contributed by atoms with van der Waals surface area (Å²) in [5.41, 5.74) is -1.56. The second-order valence-corrected chi connectivity index (χ2v) is 4.91. The highest BCUT2D eigenvalue weighted by atomic mass is 19.1. The fourth-order valence-electron chi connectivity index (χ4n) is 2.43. The monoisotopic (exact) mass is 261 g/mol. The van der Waals surface area contributed by atoms with Gasteiger partial charge < -0.3 is 14.7 Å². The third kappa shape index (κ3) is 3.92. The van der Waals surface area contributed by atoms with E-state index in [1.165, 1.54) is 0 Å². The molecule has 0 aromatic rings. The molecule has 4 nitrogen and oxygen atoms in total. The summed E-state index contributed by atoms with van der Waals surface area (Å²) in [4.78, 5) is 13.6. The van der Waals surface area contributed by atoms with Crippen molar-refractivity contribution in [3.8, 4) is 0 Å². The number of likely N-dealkylation sites (tertiary alicyclic amines) is 1. The van der Waals surface area contributed by atoms with Crippen LogP contribution in [0.3, 0.4) is 0 Å². The highest BCUT2D eigenvalue weighted by molar-refractivity contribution is 5.76. The Labute approximate surface area is 108 Å². The second kappa shape index (κ2) is 7.04. The fourth-order valence-corrected chi connectivity index (χ4v) is 2.43. The first-order valence-corrected chi connectivity index (χ1v) is 6.79. The zero-order chi connectivity index (χ0) is 13.6. The van der Waals surface area contributed by atoms with Crippen LogP contribution in [0.1, 0.15) is 39.5 Å². The summed E-state index contributed by atoms with van der Waals surface area (Å²) in [5, 5.41) is 10.3. The molecule has 106 valence electrons. The van der Waals surface area contributed by atoms with Crippen LogP contribution < -0.4 is 0 Å². The average molecular weight is 261 g/mol. The Morgan fingerprint density at radius 2 is 2.17 bits per heavy atom. The molecule has 1 saturated heterocycles. The van der Waals surface area contributed by atoms with Gasteiger partial charge in [-0.25, -0.2) is 9.18 Å². The van der Waals surface area contributed by atoms with Crippen LogP contribution in [0.5, 0.6) is 0 Å². The number of aliphatic hydroxyl groups is 1. The molecule has 0 aromatic carbocycles. The number of carbonyl (C=O) groups is 1. The summed E-state index contributed by atoms with van der Waals surface area (Å²) >= 11 is 0. The molecule has 1 rings (SSSR count). The molecule has 1 aliphatic heterocycles. The third-order valence-electron chi connectivity index (χ3n) is 3.45. The first-order valence-electron chi connectivity index (χ1n) is 6.79. The molecule has 1 aliphatic rings. The lowest BCUT2D eigenvalue weighted by Crippen LogP contribution is -2.45. The number of esters is 1. The van der Waals surface area contributed by atoms with E-state index < -0.39 is 17.7 Å². The van der Waals surface area contributed by atoms with Crippen molar-refractivity contribution in [2.24, 2.45) is 0 Å². The number of hydrogen-bond acceptors (Lipinski definition) is 4. The molecule has 0 saturated carbocycles. The lowest BCUT2D eigenvalue weighted by molar-refractivity contribution is -0.161. The van der Waals surface area contributed by atoms with Crippen molar-refractivity contribution in [3.63, 3.8) is 0 Å². The number of hydrogen-bond donors (Lipinski definition) is 1. The summed E-state index contributed by atoms with van der Waals surface area (Å²) < 4.78 is 18.7. The van der Waals surface area contributed by atoms with Crippen molar-refractivity contribution in [2.75, 3.05) is 26.2 Å². The molecule has 0 spiro atoms. The zero-order valence-electron chi connectivity index (χ0n) is 11.3. The number of ether oxygens (including phenoxy) is 1. The third-order valence-corrected chi connectivity index (χ3v) is 3.45. The van der Waals surface area contributed by atoms with Gasteiger partial charge in [-0.05, 0) is 45.7 Å². The van der Waals surface area contributed by atoms with Gasteiger partial charge in [0.1, 0.15) is 5.60 Å². The quantitative estimate of drug-likeness (QED) is 0.762. The number of alkyl halides is 1. The Balaban J connectivity index is 2.60. The van der Waals surface area contributed by atoms with Crippen molar-refractivity contribution < 1.29 is 19.0 Å². The standard InChI is InChI=1S/C13H24FNO3/c1-3-8-15-9-5-6-13(17,7-10-15)11(14)12(16)18-4-2/h11,17H,3-10H2,1-2H3. The number of nitrogens with zero attached hydrogens (tertiary/aromatic N) is 1. The van der Waals surface area contributed by atoms with E-state index in [9.17, 15) is 14.3 Å². The predicted octanol–water partition coefficient (Wildman–Crippen LogP) is 1.51. The van der Waals surface area contributed by atoms with Crippen LogP contribution in [0.2, 0.25) is 0 Å². The molecule has 0 aliphatic carbocycles. The van der Waals surface area contributed by atoms with E-state index in [0.29, 0.717) is 19.4 Å². The van der Waals surface area contributed by atoms with Crippen LogP contribution in [0.15, 0.2) is 0 Å². The van der Waals surface area contributed by atoms with Crippen molar-refractivity contribution >= 4 is 5.97 Å². The van der Waals surface area contributed by atoms with Gasteiger partial charge in [0, 0.05) is 6.54 Å². The largest absolute Gasteiger partial charge is 0.464 e. The Bertz CT molecular complexity index is 275. The highest BCUT2D eigenvalue weighted by Crippen LogP contribution is 2.28. The number of halogens is 1. The van der Waals surface area contributed by atoms with Crippen molar-refractivity contribution in [3.05, 3.63) is 0 Å². The molecular formula is C13H24FNO3. The van der Waals surface area contributed by atoms with Gasteiger partial charge in [-0.3, -0.25) is 0 Å². The molecule has 0 amide bonds. The van der Waals surface area contributed by atoms with E-state index in [1.807, 2.05) is 0 Å². The molecular weight excluding hydrogens is 237 g/mol. The Hall–Kier alpha value is -0.680. The number of carbonyl (C=O) groups excluding carboxylic acids is 1. The Morgan fingerprint density at radius 3 is 2.78 bits per heavy atom. The summed E-state index contributed by atoms with van der Waals surface area (Å²) in [7, 11) is 0. The van der Waals surface area contributed by atoms with Crippen LogP contribution in [0, 0.1) is 0 Å². The molecule has 1 N–H and O–H groups in total.